The van der Waals surface area contributed by atoms with E-state index in [9.17, 15) is 13.2 Å². The molecule has 0 bridgehead atoms. The fourth-order valence-electron chi connectivity index (χ4n) is 1.20. The fourth-order valence-corrected chi connectivity index (χ4v) is 1.20. The van der Waals surface area contributed by atoms with Crippen LogP contribution in [-0.2, 0) is 6.42 Å². The Bertz CT molecular complexity index is 318. The van der Waals surface area contributed by atoms with Crippen LogP contribution >= 0.6 is 0 Å². The highest BCUT2D eigenvalue weighted by Crippen LogP contribution is 2.20. The Balaban J connectivity index is 3.26. The molecule has 0 saturated carbocycles. The van der Waals surface area contributed by atoms with Crippen molar-refractivity contribution in [1.82, 2.24) is 0 Å². The van der Waals surface area contributed by atoms with E-state index in [1.807, 2.05) is 6.92 Å². The zero-order valence-electron chi connectivity index (χ0n) is 7.33. The summed E-state index contributed by atoms with van der Waals surface area (Å²) >= 11 is 0. The molecule has 0 N–H and O–H groups in total. The first-order valence-corrected chi connectivity index (χ1v) is 4.06. The summed E-state index contributed by atoms with van der Waals surface area (Å²) in [6, 6.07) is 0.564. The molecule has 71 valence electrons. The second-order valence-corrected chi connectivity index (χ2v) is 2.86. The summed E-state index contributed by atoms with van der Waals surface area (Å²) in [6.45, 7) is 5.14. The van der Waals surface area contributed by atoms with Crippen LogP contribution < -0.4 is 0 Å². The van der Waals surface area contributed by atoms with E-state index >= 15 is 0 Å². The van der Waals surface area contributed by atoms with Crippen LogP contribution in [0.2, 0.25) is 0 Å². The molecule has 1 radical (unpaired) electrons. The Morgan fingerprint density at radius 1 is 1.23 bits per heavy atom. The van der Waals surface area contributed by atoms with Crippen molar-refractivity contribution in [3.8, 4) is 0 Å². The number of benzene rings is 1. The summed E-state index contributed by atoms with van der Waals surface area (Å²) in [7, 11) is 0. The predicted molar refractivity (Wildman–Crippen MR) is 44.8 cm³/mol. The Morgan fingerprint density at radius 2 is 1.85 bits per heavy atom. The lowest BCUT2D eigenvalue weighted by molar-refractivity contribution is 0.486. The number of hydrogen-bond acceptors (Lipinski definition) is 0. The molecule has 13 heavy (non-hydrogen) atoms. The molecular formula is C10H10F3. The van der Waals surface area contributed by atoms with Crippen molar-refractivity contribution in [3.63, 3.8) is 0 Å². The van der Waals surface area contributed by atoms with Crippen molar-refractivity contribution in [2.24, 2.45) is 0 Å². The van der Waals surface area contributed by atoms with Gasteiger partial charge in [-0.2, -0.15) is 0 Å². The topological polar surface area (TPSA) is 0 Å². The lowest BCUT2D eigenvalue weighted by Gasteiger charge is -2.07. The van der Waals surface area contributed by atoms with Crippen molar-refractivity contribution in [2.45, 2.75) is 19.8 Å². The largest absolute Gasteiger partial charge is 0.207 e. The number of rotatable bonds is 2. The molecule has 1 rings (SSSR count). The smallest absolute Gasteiger partial charge is 0.162 e. The summed E-state index contributed by atoms with van der Waals surface area (Å²) in [5.41, 5.74) is 0.000694. The molecule has 0 aliphatic carbocycles. The van der Waals surface area contributed by atoms with Crippen molar-refractivity contribution in [1.29, 1.82) is 0 Å². The van der Waals surface area contributed by atoms with Gasteiger partial charge in [-0.15, -0.1) is 0 Å². The van der Waals surface area contributed by atoms with E-state index in [0.29, 0.717) is 18.9 Å². The standard InChI is InChI=1S/C10H10F3/c1-3-4-7-6(2)10(13)9(12)5-8(7)11/h5H,2-4H2,1H3. The monoisotopic (exact) mass is 187 g/mol. The highest BCUT2D eigenvalue weighted by molar-refractivity contribution is 5.33. The van der Waals surface area contributed by atoms with Crippen molar-refractivity contribution in [2.75, 3.05) is 0 Å². The molecule has 0 spiro atoms. The van der Waals surface area contributed by atoms with Crippen LogP contribution in [0.15, 0.2) is 6.07 Å². The molecule has 0 atom stereocenters. The zero-order valence-corrected chi connectivity index (χ0v) is 7.33. The van der Waals surface area contributed by atoms with Crippen LogP contribution in [0.1, 0.15) is 24.5 Å². The van der Waals surface area contributed by atoms with Gasteiger partial charge in [-0.25, -0.2) is 13.2 Å². The second kappa shape index (κ2) is 3.81. The predicted octanol–water partition coefficient (Wildman–Crippen LogP) is 3.24. The van der Waals surface area contributed by atoms with E-state index in [4.69, 9.17) is 0 Å². The molecule has 0 heterocycles. The molecule has 1 aromatic rings. The molecule has 0 amide bonds. The van der Waals surface area contributed by atoms with Gasteiger partial charge in [-0.1, -0.05) is 13.3 Å². The number of hydrogen-bond donors (Lipinski definition) is 0. The van der Waals surface area contributed by atoms with Gasteiger partial charge in [0, 0.05) is 6.07 Å². The third-order valence-corrected chi connectivity index (χ3v) is 1.88. The Labute approximate surface area is 75.4 Å². The van der Waals surface area contributed by atoms with Gasteiger partial charge in [0.05, 0.1) is 0 Å². The summed E-state index contributed by atoms with van der Waals surface area (Å²) in [6.07, 6.45) is 1.05. The second-order valence-electron chi connectivity index (χ2n) is 2.86. The van der Waals surface area contributed by atoms with E-state index in [-0.39, 0.29) is 11.1 Å². The zero-order chi connectivity index (χ0) is 10.0. The third kappa shape index (κ3) is 1.85. The molecule has 0 saturated heterocycles. The average Bonchev–Trinajstić information content (AvgIpc) is 2.09. The van der Waals surface area contributed by atoms with Crippen LogP contribution in [0, 0.1) is 24.4 Å². The first kappa shape index (κ1) is 10.1. The Kier molecular flexibility index (Phi) is 2.96. The van der Waals surface area contributed by atoms with Crippen LogP contribution in [0.25, 0.3) is 0 Å². The average molecular weight is 187 g/mol. The molecule has 0 fully saturated rings. The number of halogens is 3. The first-order valence-electron chi connectivity index (χ1n) is 4.06. The van der Waals surface area contributed by atoms with Gasteiger partial charge in [-0.3, -0.25) is 0 Å². The molecule has 3 heteroatoms. The quantitative estimate of drug-likeness (QED) is 0.623. The van der Waals surface area contributed by atoms with Crippen molar-refractivity contribution < 1.29 is 13.2 Å². The van der Waals surface area contributed by atoms with Gasteiger partial charge in [0.25, 0.3) is 0 Å². The van der Waals surface area contributed by atoms with E-state index in [1.165, 1.54) is 0 Å². The molecule has 1 aromatic carbocycles. The Hall–Kier alpha value is -0.990. The first-order chi connectivity index (χ1) is 6.07. The van der Waals surface area contributed by atoms with E-state index in [1.54, 1.807) is 0 Å². The van der Waals surface area contributed by atoms with Crippen LogP contribution in [-0.4, -0.2) is 0 Å². The lowest BCUT2D eigenvalue weighted by atomic mass is 10.0. The summed E-state index contributed by atoms with van der Waals surface area (Å²) in [5, 5.41) is 0. The summed E-state index contributed by atoms with van der Waals surface area (Å²) < 4.78 is 38.5. The molecule has 0 unspecified atom stereocenters. The molecule has 0 aromatic heterocycles. The van der Waals surface area contributed by atoms with Crippen molar-refractivity contribution in [3.05, 3.63) is 41.6 Å². The van der Waals surface area contributed by atoms with Crippen LogP contribution in [0.4, 0.5) is 13.2 Å². The van der Waals surface area contributed by atoms with Crippen LogP contribution in [0.5, 0.6) is 0 Å². The SMILES string of the molecule is [CH2]c1c(F)c(F)cc(F)c1CCC. The van der Waals surface area contributed by atoms with Gasteiger partial charge in [0.2, 0.25) is 0 Å². The summed E-state index contributed by atoms with van der Waals surface area (Å²) in [4.78, 5) is 0. The third-order valence-electron chi connectivity index (χ3n) is 1.88. The highest BCUT2D eigenvalue weighted by atomic mass is 19.2. The minimum Gasteiger partial charge on any atom is -0.207 e. The van der Waals surface area contributed by atoms with E-state index < -0.39 is 17.5 Å². The van der Waals surface area contributed by atoms with E-state index in [0.717, 1.165) is 0 Å². The fraction of sp³-hybridized carbons (Fsp3) is 0.300. The molecular weight excluding hydrogens is 177 g/mol. The van der Waals surface area contributed by atoms with Crippen LogP contribution in [0.3, 0.4) is 0 Å². The minimum absolute atomic E-state index is 0.167. The van der Waals surface area contributed by atoms with E-state index in [2.05, 4.69) is 6.92 Å². The highest BCUT2D eigenvalue weighted by Gasteiger charge is 2.14. The Morgan fingerprint density at radius 3 is 2.38 bits per heavy atom. The maximum absolute atomic E-state index is 13.0. The van der Waals surface area contributed by atoms with Gasteiger partial charge >= 0.3 is 0 Å². The normalized spacial score (nSPS) is 10.5. The van der Waals surface area contributed by atoms with Crippen molar-refractivity contribution >= 4 is 0 Å². The van der Waals surface area contributed by atoms with Gasteiger partial charge in [-0.05, 0) is 24.5 Å². The molecule has 0 nitrogen and oxygen atoms in total. The van der Waals surface area contributed by atoms with Gasteiger partial charge in [0.15, 0.2) is 11.6 Å². The lowest BCUT2D eigenvalue weighted by Crippen LogP contribution is -2.00. The molecule has 0 aliphatic rings. The van der Waals surface area contributed by atoms with Gasteiger partial charge in [0.1, 0.15) is 5.82 Å². The minimum atomic E-state index is -1.18. The maximum Gasteiger partial charge on any atom is 0.162 e. The van der Waals surface area contributed by atoms with Gasteiger partial charge < -0.3 is 0 Å². The maximum atomic E-state index is 13.0. The summed E-state index contributed by atoms with van der Waals surface area (Å²) in [5.74, 6) is -2.95. The molecule has 0 aliphatic heterocycles.